The number of hydrogen-bond acceptors (Lipinski definition) is 2. The number of benzene rings is 1. The summed E-state index contributed by atoms with van der Waals surface area (Å²) in [5.74, 6) is 0.599. The van der Waals surface area contributed by atoms with Gasteiger partial charge in [0, 0.05) is 23.4 Å². The highest BCUT2D eigenvalue weighted by Crippen LogP contribution is 2.29. The monoisotopic (exact) mass is 260 g/mol. The first-order valence-electron chi connectivity index (χ1n) is 6.47. The molecule has 3 nitrogen and oxygen atoms in total. The second kappa shape index (κ2) is 4.61. The largest absolute Gasteiger partial charge is 0.488 e. The summed E-state index contributed by atoms with van der Waals surface area (Å²) in [5.41, 5.74) is 6.63. The van der Waals surface area contributed by atoms with Crippen LogP contribution in [0.5, 0.6) is 5.75 Å². The van der Waals surface area contributed by atoms with E-state index in [-0.39, 0.29) is 11.9 Å². The molecule has 1 atom stereocenters. The van der Waals surface area contributed by atoms with Gasteiger partial charge in [-0.1, -0.05) is 0 Å². The summed E-state index contributed by atoms with van der Waals surface area (Å²) in [6.45, 7) is 4.81. The molecule has 1 aromatic heterocycles. The lowest BCUT2D eigenvalue weighted by atomic mass is 10.1. The summed E-state index contributed by atoms with van der Waals surface area (Å²) in [7, 11) is 0. The maximum absolute atomic E-state index is 13.1. The quantitative estimate of drug-likeness (QED) is 0.918. The van der Waals surface area contributed by atoms with Crippen molar-refractivity contribution >= 4 is 0 Å². The number of hydrogen-bond donors (Lipinski definition) is 1. The smallest absolute Gasteiger partial charge is 0.123 e. The highest BCUT2D eigenvalue weighted by Gasteiger charge is 2.23. The minimum absolute atomic E-state index is 0.0537. The number of nitrogens with zero attached hydrogens (tertiary/aromatic N) is 1. The molecule has 0 amide bonds. The first-order valence-corrected chi connectivity index (χ1v) is 6.47. The van der Waals surface area contributed by atoms with Crippen LogP contribution in [-0.2, 0) is 6.42 Å². The molecule has 2 heterocycles. The second-order valence-electron chi connectivity index (χ2n) is 5.01. The molecule has 1 aliphatic heterocycles. The molecule has 0 saturated heterocycles. The van der Waals surface area contributed by atoms with Crippen molar-refractivity contribution in [1.82, 2.24) is 4.68 Å². The Morgan fingerprint density at radius 3 is 2.74 bits per heavy atom. The van der Waals surface area contributed by atoms with Gasteiger partial charge in [-0.2, -0.15) is 0 Å². The zero-order valence-electron chi connectivity index (χ0n) is 11.1. The van der Waals surface area contributed by atoms with Gasteiger partial charge in [0.25, 0.3) is 0 Å². The van der Waals surface area contributed by atoms with Crippen LogP contribution in [0.4, 0.5) is 4.39 Å². The van der Waals surface area contributed by atoms with Crippen LogP contribution in [0.1, 0.15) is 17.0 Å². The van der Waals surface area contributed by atoms with Crippen molar-refractivity contribution in [2.45, 2.75) is 26.4 Å². The van der Waals surface area contributed by atoms with Crippen LogP contribution >= 0.6 is 0 Å². The van der Waals surface area contributed by atoms with Crippen LogP contribution in [-0.4, -0.2) is 17.3 Å². The van der Waals surface area contributed by atoms with Gasteiger partial charge in [-0.05, 0) is 44.2 Å². The average Bonchev–Trinajstić information content (AvgIpc) is 2.91. The molecular weight excluding hydrogens is 243 g/mol. The summed E-state index contributed by atoms with van der Waals surface area (Å²) >= 11 is 0. The fourth-order valence-electron chi connectivity index (χ4n) is 2.51. The Hall–Kier alpha value is -1.97. The Morgan fingerprint density at radius 2 is 2.00 bits per heavy atom. The summed E-state index contributed by atoms with van der Waals surface area (Å²) in [6.07, 6.45) is 0.803. The highest BCUT2D eigenvalue weighted by atomic mass is 19.1. The number of aryl methyl sites for hydroxylation is 2. The van der Waals surface area contributed by atoms with Gasteiger partial charge in [-0.3, -0.25) is 4.68 Å². The van der Waals surface area contributed by atoms with E-state index in [0.29, 0.717) is 6.54 Å². The number of ether oxygens (including phenoxy) is 1. The molecule has 0 saturated carbocycles. The summed E-state index contributed by atoms with van der Waals surface area (Å²) < 4.78 is 21.0. The molecule has 0 spiro atoms. The minimum Gasteiger partial charge on any atom is -0.488 e. The topological polar surface area (TPSA) is 26.2 Å². The molecule has 0 radical (unpaired) electrons. The Bertz CT molecular complexity index is 587. The number of nitrogens with one attached hydrogen (secondary N) is 1. The molecule has 4 heteroatoms. The normalized spacial score (nSPS) is 17.1. The Balaban J connectivity index is 1.65. The number of rotatable bonds is 3. The lowest BCUT2D eigenvalue weighted by molar-refractivity contribution is 0.242. The third kappa shape index (κ3) is 2.30. The minimum atomic E-state index is -0.201. The molecule has 0 bridgehead atoms. The average molecular weight is 260 g/mol. The molecule has 2 aromatic rings. The van der Waals surface area contributed by atoms with Gasteiger partial charge in [0.05, 0.1) is 6.54 Å². The molecule has 19 heavy (non-hydrogen) atoms. The standard InChI is InChI=1S/C15H17FN2O/c1-10-3-4-11(2)18(10)17-9-14-8-12-7-13(16)5-6-15(12)19-14/h3-7,14,17H,8-9H2,1-2H3. The Labute approximate surface area is 112 Å². The predicted molar refractivity (Wildman–Crippen MR) is 72.7 cm³/mol. The van der Waals surface area contributed by atoms with E-state index in [0.717, 1.165) is 17.7 Å². The van der Waals surface area contributed by atoms with Gasteiger partial charge in [-0.25, -0.2) is 4.39 Å². The molecule has 3 rings (SSSR count). The van der Waals surface area contributed by atoms with Crippen LogP contribution in [0.25, 0.3) is 0 Å². The maximum Gasteiger partial charge on any atom is 0.123 e. The van der Waals surface area contributed by atoms with Crippen molar-refractivity contribution in [1.29, 1.82) is 0 Å². The summed E-state index contributed by atoms with van der Waals surface area (Å²) in [5, 5.41) is 0. The molecule has 100 valence electrons. The second-order valence-corrected chi connectivity index (χ2v) is 5.01. The molecule has 1 N–H and O–H groups in total. The van der Waals surface area contributed by atoms with Crippen molar-refractivity contribution in [2.75, 3.05) is 12.0 Å². The van der Waals surface area contributed by atoms with Crippen LogP contribution in [0, 0.1) is 19.7 Å². The van der Waals surface area contributed by atoms with E-state index >= 15 is 0 Å². The first kappa shape index (κ1) is 12.1. The Kier molecular flexibility index (Phi) is 2.93. The van der Waals surface area contributed by atoms with Gasteiger partial charge in [0.2, 0.25) is 0 Å². The van der Waals surface area contributed by atoms with Gasteiger partial charge >= 0.3 is 0 Å². The van der Waals surface area contributed by atoms with Crippen LogP contribution in [0.2, 0.25) is 0 Å². The van der Waals surface area contributed by atoms with E-state index in [4.69, 9.17) is 4.74 Å². The highest BCUT2D eigenvalue weighted by molar-refractivity contribution is 5.38. The lowest BCUT2D eigenvalue weighted by Crippen LogP contribution is -2.30. The maximum atomic E-state index is 13.1. The van der Waals surface area contributed by atoms with E-state index in [2.05, 4.69) is 31.4 Å². The summed E-state index contributed by atoms with van der Waals surface area (Å²) in [6, 6.07) is 8.84. The number of halogens is 1. The van der Waals surface area contributed by atoms with E-state index in [9.17, 15) is 4.39 Å². The van der Waals surface area contributed by atoms with Crippen molar-refractivity contribution in [2.24, 2.45) is 0 Å². The van der Waals surface area contributed by atoms with Gasteiger partial charge in [0.15, 0.2) is 0 Å². The number of fused-ring (bicyclic) bond motifs is 1. The van der Waals surface area contributed by atoms with Gasteiger partial charge in [0.1, 0.15) is 17.7 Å². The van der Waals surface area contributed by atoms with E-state index in [1.165, 1.54) is 17.5 Å². The molecule has 1 aliphatic rings. The zero-order valence-corrected chi connectivity index (χ0v) is 11.1. The van der Waals surface area contributed by atoms with Gasteiger partial charge < -0.3 is 10.2 Å². The van der Waals surface area contributed by atoms with E-state index in [1.807, 2.05) is 4.68 Å². The SMILES string of the molecule is Cc1ccc(C)n1NCC1Cc2cc(F)ccc2O1. The van der Waals surface area contributed by atoms with Crippen LogP contribution < -0.4 is 10.2 Å². The van der Waals surface area contributed by atoms with Crippen LogP contribution in [0.15, 0.2) is 30.3 Å². The fraction of sp³-hybridized carbons (Fsp3) is 0.333. The van der Waals surface area contributed by atoms with Crippen molar-refractivity contribution < 1.29 is 9.13 Å². The van der Waals surface area contributed by atoms with E-state index < -0.39 is 0 Å². The fourth-order valence-corrected chi connectivity index (χ4v) is 2.51. The van der Waals surface area contributed by atoms with Crippen LogP contribution in [0.3, 0.4) is 0 Å². The van der Waals surface area contributed by atoms with Crippen molar-refractivity contribution in [3.63, 3.8) is 0 Å². The molecule has 1 aromatic carbocycles. The zero-order chi connectivity index (χ0) is 13.4. The summed E-state index contributed by atoms with van der Waals surface area (Å²) in [4.78, 5) is 0. The third-order valence-electron chi connectivity index (χ3n) is 3.51. The van der Waals surface area contributed by atoms with E-state index in [1.54, 1.807) is 12.1 Å². The van der Waals surface area contributed by atoms with Gasteiger partial charge in [-0.15, -0.1) is 0 Å². The molecule has 0 fully saturated rings. The van der Waals surface area contributed by atoms with Crippen molar-refractivity contribution in [3.05, 3.63) is 53.1 Å². The van der Waals surface area contributed by atoms with Crippen molar-refractivity contribution in [3.8, 4) is 5.75 Å². The molecule has 0 aliphatic carbocycles. The third-order valence-corrected chi connectivity index (χ3v) is 3.51. The first-order chi connectivity index (χ1) is 9.13. The lowest BCUT2D eigenvalue weighted by Gasteiger charge is -2.16. The molecule has 1 unspecified atom stereocenters. The predicted octanol–water partition coefficient (Wildman–Crippen LogP) is 2.79. The molecular formula is C15H17FN2O. The Morgan fingerprint density at radius 1 is 1.26 bits per heavy atom. The number of aromatic nitrogens is 1.